The Hall–Kier alpha value is -3.12. The van der Waals surface area contributed by atoms with E-state index in [1.165, 1.54) is 52.4 Å². The quantitative estimate of drug-likeness (QED) is 0.518. The van der Waals surface area contributed by atoms with Gasteiger partial charge in [-0.25, -0.2) is 0 Å². The lowest BCUT2D eigenvalue weighted by Gasteiger charge is -2.18. The molecule has 29 heavy (non-hydrogen) atoms. The number of aromatic nitrogens is 3. The molecule has 0 radical (unpaired) electrons. The van der Waals surface area contributed by atoms with Gasteiger partial charge in [0.2, 0.25) is 0 Å². The third-order valence-electron chi connectivity index (χ3n) is 5.85. The van der Waals surface area contributed by atoms with Crippen molar-refractivity contribution in [3.8, 4) is 11.1 Å². The molecule has 2 aromatic carbocycles. The first-order chi connectivity index (χ1) is 14.1. The number of fused-ring (bicyclic) bond motifs is 2. The second kappa shape index (κ2) is 8.09. The summed E-state index contributed by atoms with van der Waals surface area (Å²) in [6.45, 7) is 0.976. The zero-order valence-corrected chi connectivity index (χ0v) is 16.8. The maximum atomic E-state index is 8.36. The summed E-state index contributed by atoms with van der Waals surface area (Å²) in [6.07, 6.45) is 8.03. The standard InChI is InChI=1S/C22H24N4.CH2O2/c1-25-9-3-4-19(25)11-17-13-23-22-8-6-16(12-20(17)22)15-5-7-21-18(10-15)14-26(2)24-21;2-1-3/h5-8,10,12-14,19,23H,3-4,9,11H2,1-2H3;1H,(H,2,3). The van der Waals surface area contributed by atoms with Gasteiger partial charge in [-0.15, -0.1) is 0 Å². The number of benzene rings is 2. The van der Waals surface area contributed by atoms with Crippen LogP contribution < -0.4 is 0 Å². The Morgan fingerprint density at radius 2 is 1.97 bits per heavy atom. The Bertz CT molecular complexity index is 1140. The van der Waals surface area contributed by atoms with Crippen molar-refractivity contribution in [3.05, 3.63) is 54.4 Å². The minimum absolute atomic E-state index is 0.250. The number of carboxylic acid groups (broad SMARTS) is 1. The van der Waals surface area contributed by atoms with Crippen molar-refractivity contribution in [2.24, 2.45) is 7.05 Å². The third-order valence-corrected chi connectivity index (χ3v) is 5.85. The molecule has 1 aliphatic rings. The lowest BCUT2D eigenvalue weighted by molar-refractivity contribution is -0.122. The molecule has 0 spiro atoms. The highest BCUT2D eigenvalue weighted by molar-refractivity contribution is 5.90. The fourth-order valence-corrected chi connectivity index (χ4v) is 4.35. The highest BCUT2D eigenvalue weighted by Gasteiger charge is 2.22. The van der Waals surface area contributed by atoms with Crippen molar-refractivity contribution < 1.29 is 9.90 Å². The van der Waals surface area contributed by atoms with E-state index in [1.54, 1.807) is 0 Å². The second-order valence-electron chi connectivity index (χ2n) is 7.74. The van der Waals surface area contributed by atoms with Crippen molar-refractivity contribution in [3.63, 3.8) is 0 Å². The lowest BCUT2D eigenvalue weighted by atomic mass is 9.99. The minimum atomic E-state index is -0.250. The summed E-state index contributed by atoms with van der Waals surface area (Å²) in [7, 11) is 4.22. The summed E-state index contributed by atoms with van der Waals surface area (Å²) in [6, 6.07) is 14.0. The third kappa shape index (κ3) is 3.89. The number of hydrogen-bond acceptors (Lipinski definition) is 3. The summed E-state index contributed by atoms with van der Waals surface area (Å²) < 4.78 is 1.88. The predicted octanol–water partition coefficient (Wildman–Crippen LogP) is 4.06. The number of rotatable bonds is 3. The Balaban J connectivity index is 0.000000645. The van der Waals surface area contributed by atoms with Gasteiger partial charge in [-0.1, -0.05) is 12.1 Å². The van der Waals surface area contributed by atoms with Crippen LogP contribution in [0.5, 0.6) is 0 Å². The molecule has 2 aromatic heterocycles. The van der Waals surface area contributed by atoms with Crippen LogP contribution in [0.15, 0.2) is 48.8 Å². The topological polar surface area (TPSA) is 74.2 Å². The second-order valence-corrected chi connectivity index (χ2v) is 7.74. The summed E-state index contributed by atoms with van der Waals surface area (Å²) in [5.41, 5.74) is 6.22. The molecule has 0 amide bonds. The molecule has 1 unspecified atom stereocenters. The number of likely N-dealkylation sites (N-methyl/N-ethyl adjacent to an activating group) is 1. The van der Waals surface area contributed by atoms with Gasteiger partial charge in [0.15, 0.2) is 0 Å². The van der Waals surface area contributed by atoms with Gasteiger partial charge < -0.3 is 15.0 Å². The Kier molecular flexibility index (Phi) is 5.36. The average Bonchev–Trinajstić information content (AvgIpc) is 3.40. The van der Waals surface area contributed by atoms with Crippen molar-refractivity contribution >= 4 is 28.3 Å². The smallest absolute Gasteiger partial charge is 0.290 e. The van der Waals surface area contributed by atoms with Crippen LogP contribution >= 0.6 is 0 Å². The molecule has 1 saturated heterocycles. The van der Waals surface area contributed by atoms with E-state index in [0.29, 0.717) is 6.04 Å². The van der Waals surface area contributed by atoms with E-state index in [-0.39, 0.29) is 6.47 Å². The van der Waals surface area contributed by atoms with Crippen LogP contribution in [0.1, 0.15) is 18.4 Å². The van der Waals surface area contributed by atoms with Gasteiger partial charge in [-0.05, 0) is 73.8 Å². The SMILES string of the molecule is CN1CCCC1Cc1c[nH]c2ccc(-c3ccc4nn(C)cc4c3)cc12.O=CO. The van der Waals surface area contributed by atoms with Gasteiger partial charge in [-0.3, -0.25) is 9.48 Å². The predicted molar refractivity (Wildman–Crippen MR) is 116 cm³/mol. The van der Waals surface area contributed by atoms with Crippen LogP contribution in [0.4, 0.5) is 0 Å². The van der Waals surface area contributed by atoms with Gasteiger partial charge in [0.05, 0.1) is 5.52 Å². The zero-order chi connectivity index (χ0) is 20.4. The maximum Gasteiger partial charge on any atom is 0.290 e. The molecule has 3 heterocycles. The first kappa shape index (κ1) is 19.2. The fourth-order valence-electron chi connectivity index (χ4n) is 4.35. The monoisotopic (exact) mass is 390 g/mol. The van der Waals surface area contributed by atoms with Crippen LogP contribution in [-0.2, 0) is 18.3 Å². The number of nitrogens with one attached hydrogen (secondary N) is 1. The van der Waals surface area contributed by atoms with E-state index in [9.17, 15) is 0 Å². The lowest BCUT2D eigenvalue weighted by Crippen LogP contribution is -2.26. The largest absolute Gasteiger partial charge is 0.483 e. The number of aryl methyl sites for hydroxylation is 1. The van der Waals surface area contributed by atoms with Crippen LogP contribution in [0.2, 0.25) is 0 Å². The van der Waals surface area contributed by atoms with E-state index in [0.717, 1.165) is 11.9 Å². The van der Waals surface area contributed by atoms with Gasteiger partial charge in [0.25, 0.3) is 6.47 Å². The molecule has 2 N–H and O–H groups in total. The number of nitrogens with zero attached hydrogens (tertiary/aromatic N) is 3. The number of hydrogen-bond donors (Lipinski definition) is 2. The first-order valence-electron chi connectivity index (χ1n) is 9.91. The average molecular weight is 390 g/mol. The van der Waals surface area contributed by atoms with E-state index in [1.807, 2.05) is 11.7 Å². The molecule has 1 aliphatic heterocycles. The summed E-state index contributed by atoms with van der Waals surface area (Å²) >= 11 is 0. The van der Waals surface area contributed by atoms with Gasteiger partial charge in [0.1, 0.15) is 0 Å². The Morgan fingerprint density at radius 3 is 2.72 bits per heavy atom. The molecular formula is C23H26N4O2. The molecule has 1 fully saturated rings. The minimum Gasteiger partial charge on any atom is -0.483 e. The van der Waals surface area contributed by atoms with Crippen molar-refractivity contribution in [1.29, 1.82) is 0 Å². The molecule has 0 bridgehead atoms. The van der Waals surface area contributed by atoms with Crippen LogP contribution in [0.25, 0.3) is 32.9 Å². The van der Waals surface area contributed by atoms with Gasteiger partial charge in [0, 0.05) is 41.8 Å². The highest BCUT2D eigenvalue weighted by atomic mass is 16.3. The van der Waals surface area contributed by atoms with Crippen molar-refractivity contribution in [1.82, 2.24) is 19.7 Å². The molecule has 4 aromatic rings. The van der Waals surface area contributed by atoms with Crippen LogP contribution in [0, 0.1) is 0 Å². The summed E-state index contributed by atoms with van der Waals surface area (Å²) in [4.78, 5) is 14.3. The molecule has 0 aliphatic carbocycles. The number of aromatic amines is 1. The zero-order valence-electron chi connectivity index (χ0n) is 16.8. The molecule has 1 atom stereocenters. The normalized spacial score (nSPS) is 16.8. The summed E-state index contributed by atoms with van der Waals surface area (Å²) in [5.74, 6) is 0. The first-order valence-corrected chi connectivity index (χ1v) is 9.91. The summed E-state index contributed by atoms with van der Waals surface area (Å²) in [5, 5.41) is 13.9. The Morgan fingerprint density at radius 1 is 1.21 bits per heavy atom. The molecule has 6 heteroatoms. The van der Waals surface area contributed by atoms with Gasteiger partial charge in [-0.2, -0.15) is 5.10 Å². The maximum absolute atomic E-state index is 8.36. The van der Waals surface area contributed by atoms with E-state index in [4.69, 9.17) is 9.90 Å². The highest BCUT2D eigenvalue weighted by Crippen LogP contribution is 2.30. The molecule has 0 saturated carbocycles. The van der Waals surface area contributed by atoms with Crippen molar-refractivity contribution in [2.45, 2.75) is 25.3 Å². The Labute approximate surface area is 169 Å². The molecule has 5 rings (SSSR count). The number of H-pyrrole nitrogens is 1. The van der Waals surface area contributed by atoms with Gasteiger partial charge >= 0.3 is 0 Å². The van der Waals surface area contributed by atoms with E-state index in [2.05, 4.69) is 70.8 Å². The van der Waals surface area contributed by atoms with Crippen LogP contribution in [-0.4, -0.2) is 50.9 Å². The fraction of sp³-hybridized carbons (Fsp3) is 0.304. The number of carbonyl (C=O) groups is 1. The van der Waals surface area contributed by atoms with Crippen molar-refractivity contribution in [2.75, 3.05) is 13.6 Å². The van der Waals surface area contributed by atoms with Crippen LogP contribution in [0.3, 0.4) is 0 Å². The molecule has 6 nitrogen and oxygen atoms in total. The van der Waals surface area contributed by atoms with E-state index < -0.39 is 0 Å². The van der Waals surface area contributed by atoms with E-state index >= 15 is 0 Å². The molecular weight excluding hydrogens is 364 g/mol. The number of likely N-dealkylation sites (tertiary alicyclic amines) is 1. The molecule has 150 valence electrons.